The molecule has 0 N–H and O–H groups in total. The predicted octanol–water partition coefficient (Wildman–Crippen LogP) is 4.77. The third kappa shape index (κ3) is 2.67. The number of benzene rings is 2. The van der Waals surface area contributed by atoms with Gasteiger partial charge in [0.05, 0.1) is 0 Å². The molecule has 2 aromatic carbocycles. The fourth-order valence-corrected chi connectivity index (χ4v) is 2.95. The summed E-state index contributed by atoms with van der Waals surface area (Å²) in [5.74, 6) is 0. The summed E-state index contributed by atoms with van der Waals surface area (Å²) in [6.45, 7) is 2.17. The average molecular weight is 291 g/mol. The first-order valence-electron chi connectivity index (χ1n) is 8.94. The summed E-state index contributed by atoms with van der Waals surface area (Å²) in [5.41, 5.74) is 7.32. The summed E-state index contributed by atoms with van der Waals surface area (Å²) < 4.78 is 24.6. The second-order valence-corrected chi connectivity index (χ2v) is 5.76. The normalized spacial score (nSPS) is 13.3. The summed E-state index contributed by atoms with van der Waals surface area (Å²) in [6.07, 6.45) is 2.10. The zero-order valence-corrected chi connectivity index (χ0v) is 13.2. The Morgan fingerprint density at radius 2 is 1.59 bits per heavy atom. The fourth-order valence-electron chi connectivity index (χ4n) is 2.95. The molecule has 0 fully saturated rings. The molecule has 0 amide bonds. The Kier molecular flexibility index (Phi) is 2.93. The second kappa shape index (κ2) is 5.76. The Morgan fingerprint density at radius 1 is 0.864 bits per heavy atom. The molecular weight excluding hydrogens is 266 g/mol. The van der Waals surface area contributed by atoms with Crippen LogP contribution in [0.5, 0.6) is 0 Å². The number of aryl methyl sites for hydroxylation is 4. The molecule has 0 unspecified atom stereocenters. The zero-order valence-electron chi connectivity index (χ0n) is 16.2. The molecule has 22 heavy (non-hydrogen) atoms. The first kappa shape index (κ1) is 11.2. The van der Waals surface area contributed by atoms with Gasteiger partial charge in [0.25, 0.3) is 0 Å². The first-order chi connectivity index (χ1) is 11.8. The summed E-state index contributed by atoms with van der Waals surface area (Å²) in [7, 11) is 2.05. The summed E-state index contributed by atoms with van der Waals surface area (Å²) in [4.78, 5) is 0. The van der Waals surface area contributed by atoms with Crippen molar-refractivity contribution >= 4 is 0 Å². The molecule has 1 heterocycles. The number of hydrogen-bond acceptors (Lipinski definition) is 0. The summed E-state index contributed by atoms with van der Waals surface area (Å²) >= 11 is 0. The van der Waals surface area contributed by atoms with Crippen LogP contribution >= 0.6 is 0 Å². The van der Waals surface area contributed by atoms with Crippen molar-refractivity contribution in [3.05, 3.63) is 77.5 Å². The topological polar surface area (TPSA) is 3.88 Å². The predicted molar refractivity (Wildman–Crippen MR) is 92.7 cm³/mol. The van der Waals surface area contributed by atoms with Crippen LogP contribution in [0.1, 0.15) is 20.8 Å². The van der Waals surface area contributed by atoms with E-state index >= 15 is 0 Å². The van der Waals surface area contributed by atoms with Gasteiger partial charge in [-0.25, -0.2) is 4.57 Å². The van der Waals surface area contributed by atoms with E-state index in [1.165, 1.54) is 22.4 Å². The van der Waals surface area contributed by atoms with Gasteiger partial charge in [0.2, 0.25) is 5.69 Å². The largest absolute Gasteiger partial charge is 0.215 e. The van der Waals surface area contributed by atoms with Gasteiger partial charge in [0, 0.05) is 20.8 Å². The Balaban J connectivity index is 2.05. The van der Waals surface area contributed by atoms with Gasteiger partial charge in [-0.2, -0.15) is 0 Å². The molecule has 1 nitrogen and oxygen atoms in total. The smallest absolute Gasteiger partial charge is 0.200 e. The van der Waals surface area contributed by atoms with Crippen molar-refractivity contribution in [1.29, 1.82) is 0 Å². The monoisotopic (exact) mass is 291 g/mol. The molecule has 0 spiro atoms. The van der Waals surface area contributed by atoms with E-state index in [0.29, 0.717) is 5.56 Å². The van der Waals surface area contributed by atoms with Crippen molar-refractivity contribution in [1.82, 2.24) is 0 Å². The quantitative estimate of drug-likeness (QED) is 0.599. The first-order valence-corrected chi connectivity index (χ1v) is 7.44. The highest BCUT2D eigenvalue weighted by Crippen LogP contribution is 2.27. The van der Waals surface area contributed by atoms with Crippen molar-refractivity contribution in [3.63, 3.8) is 0 Å². The molecule has 1 aromatic heterocycles. The van der Waals surface area contributed by atoms with Crippen LogP contribution < -0.4 is 4.57 Å². The lowest BCUT2D eigenvalue weighted by Gasteiger charge is -2.09. The SMILES string of the molecule is [2H]C([2H])([2H])c1ccc(-c2cc(C)c(-c3ccccc3C)[n+](C)c2)cc1. The maximum absolute atomic E-state index is 7.49. The van der Waals surface area contributed by atoms with Crippen molar-refractivity contribution in [2.75, 3.05) is 0 Å². The number of rotatable bonds is 2. The van der Waals surface area contributed by atoms with Gasteiger partial charge in [-0.3, -0.25) is 0 Å². The van der Waals surface area contributed by atoms with E-state index < -0.39 is 6.85 Å². The minimum Gasteiger partial charge on any atom is -0.200 e. The van der Waals surface area contributed by atoms with Crippen molar-refractivity contribution in [3.8, 4) is 22.4 Å². The number of nitrogens with zero attached hydrogens (tertiary/aromatic N) is 1. The van der Waals surface area contributed by atoms with Crippen molar-refractivity contribution in [2.45, 2.75) is 20.7 Å². The van der Waals surface area contributed by atoms with E-state index in [-0.39, 0.29) is 0 Å². The lowest BCUT2D eigenvalue weighted by Crippen LogP contribution is -2.32. The molecule has 1 heteroatoms. The lowest BCUT2D eigenvalue weighted by atomic mass is 9.98. The highest BCUT2D eigenvalue weighted by molar-refractivity contribution is 5.69. The number of aromatic nitrogens is 1. The molecule has 0 aliphatic heterocycles. The highest BCUT2D eigenvalue weighted by Gasteiger charge is 2.17. The summed E-state index contributed by atoms with van der Waals surface area (Å²) in [5, 5.41) is 0. The maximum atomic E-state index is 7.49. The van der Waals surface area contributed by atoms with Gasteiger partial charge < -0.3 is 0 Å². The van der Waals surface area contributed by atoms with E-state index in [1.54, 1.807) is 12.1 Å². The number of pyridine rings is 1. The van der Waals surface area contributed by atoms with Gasteiger partial charge >= 0.3 is 0 Å². The minimum absolute atomic E-state index is 0.369. The van der Waals surface area contributed by atoms with Gasteiger partial charge in [0.1, 0.15) is 7.05 Å². The lowest BCUT2D eigenvalue weighted by molar-refractivity contribution is -0.660. The molecule has 0 bridgehead atoms. The molecule has 0 aliphatic carbocycles. The Morgan fingerprint density at radius 3 is 2.23 bits per heavy atom. The Labute approximate surface area is 137 Å². The van der Waals surface area contributed by atoms with E-state index in [2.05, 4.69) is 62.0 Å². The van der Waals surface area contributed by atoms with Gasteiger partial charge in [-0.1, -0.05) is 48.0 Å². The van der Waals surface area contributed by atoms with Crippen LogP contribution in [-0.2, 0) is 7.05 Å². The minimum atomic E-state index is -2.06. The zero-order chi connectivity index (χ0) is 18.2. The van der Waals surface area contributed by atoms with Crippen LogP contribution in [-0.4, -0.2) is 0 Å². The van der Waals surface area contributed by atoms with Gasteiger partial charge in [0.15, 0.2) is 6.20 Å². The molecule has 3 aromatic rings. The second-order valence-electron chi connectivity index (χ2n) is 5.76. The van der Waals surface area contributed by atoms with Crippen LogP contribution in [0.2, 0.25) is 0 Å². The molecule has 0 saturated heterocycles. The third-order valence-corrected chi connectivity index (χ3v) is 4.05. The Hall–Kier alpha value is -2.41. The fraction of sp³-hybridized carbons (Fsp3) is 0.190. The van der Waals surface area contributed by atoms with Crippen molar-refractivity contribution in [2.24, 2.45) is 7.05 Å². The van der Waals surface area contributed by atoms with Crippen LogP contribution in [0.4, 0.5) is 0 Å². The molecule has 110 valence electrons. The third-order valence-electron chi connectivity index (χ3n) is 4.05. The van der Waals surface area contributed by atoms with Crippen LogP contribution in [0.3, 0.4) is 0 Å². The van der Waals surface area contributed by atoms with Crippen molar-refractivity contribution < 1.29 is 8.68 Å². The molecular formula is C21H22N+. The molecule has 3 rings (SSSR count). The van der Waals surface area contributed by atoms with E-state index in [9.17, 15) is 0 Å². The van der Waals surface area contributed by atoms with Crippen LogP contribution in [0.25, 0.3) is 22.4 Å². The van der Waals surface area contributed by atoms with E-state index in [1.807, 2.05) is 12.1 Å². The van der Waals surface area contributed by atoms with Crippen LogP contribution in [0, 0.1) is 20.7 Å². The van der Waals surface area contributed by atoms with Crippen LogP contribution in [0.15, 0.2) is 60.8 Å². The highest BCUT2D eigenvalue weighted by atomic mass is 14.9. The maximum Gasteiger partial charge on any atom is 0.215 e. The Bertz CT molecular complexity index is 886. The van der Waals surface area contributed by atoms with E-state index in [4.69, 9.17) is 4.11 Å². The van der Waals surface area contributed by atoms with Gasteiger partial charge in [-0.05, 0) is 44.0 Å². The standard InChI is InChI=1S/C21H22N/c1-15-9-11-18(12-10-15)19-13-17(3)21(22(4)14-19)20-8-6-5-7-16(20)2/h5-14H,1-4H3/q+1/i1D3. The summed E-state index contributed by atoms with van der Waals surface area (Å²) in [6, 6.07) is 17.7. The average Bonchev–Trinajstić information content (AvgIpc) is 2.55. The molecule has 0 radical (unpaired) electrons. The van der Waals surface area contributed by atoms with Gasteiger partial charge in [-0.15, -0.1) is 0 Å². The van der Waals surface area contributed by atoms with E-state index in [0.717, 1.165) is 11.1 Å². The molecule has 0 aliphatic rings. The molecule has 0 atom stereocenters. The number of hydrogen-bond donors (Lipinski definition) is 0. The molecule has 0 saturated carbocycles.